The van der Waals surface area contributed by atoms with E-state index in [0.717, 1.165) is 61.1 Å². The number of benzene rings is 4. The summed E-state index contributed by atoms with van der Waals surface area (Å²) >= 11 is 0. The van der Waals surface area contributed by atoms with E-state index in [1.807, 2.05) is 36.4 Å². The number of phenols is 1. The van der Waals surface area contributed by atoms with E-state index in [4.69, 9.17) is 9.47 Å². The van der Waals surface area contributed by atoms with Gasteiger partial charge in [-0.05, 0) is 85.3 Å². The monoisotopic (exact) mass is 962 g/mol. The van der Waals surface area contributed by atoms with Crippen LogP contribution in [0, 0.1) is 0 Å². The van der Waals surface area contributed by atoms with Gasteiger partial charge in [0.2, 0.25) is 0 Å². The van der Waals surface area contributed by atoms with Gasteiger partial charge in [-0.3, -0.25) is 4.55 Å². The van der Waals surface area contributed by atoms with E-state index in [0.29, 0.717) is 11.5 Å². The van der Waals surface area contributed by atoms with Crippen LogP contribution in [0.1, 0.15) is 179 Å². The molecule has 356 valence electrons. The summed E-state index contributed by atoms with van der Waals surface area (Å²) in [7, 11) is -9.18. The molecular weight excluding hydrogens is 889 g/mol. The number of hydrogen-bond acceptors (Lipinski definition) is 9. The third-order valence-corrected chi connectivity index (χ3v) is 13.0. The van der Waals surface area contributed by atoms with Crippen molar-refractivity contribution in [2.75, 3.05) is 0 Å². The first kappa shape index (κ1) is 58.3. The number of rotatable bonds is 32. The number of aryl methyl sites for hydroxylation is 2. The molecule has 65 heavy (non-hydrogen) atoms. The van der Waals surface area contributed by atoms with Crippen LogP contribution < -0.4 is 14.6 Å². The molecule has 0 amide bonds. The van der Waals surface area contributed by atoms with Crippen LogP contribution in [0.3, 0.4) is 0 Å². The largest absolute Gasteiger partial charge is 2.00 e. The van der Waals surface area contributed by atoms with Crippen molar-refractivity contribution in [1.29, 1.82) is 0 Å². The van der Waals surface area contributed by atoms with Gasteiger partial charge in [-0.25, -0.2) is 8.42 Å². The van der Waals surface area contributed by atoms with Gasteiger partial charge in [0.1, 0.15) is 38.0 Å². The van der Waals surface area contributed by atoms with E-state index in [2.05, 4.69) is 13.8 Å². The summed E-state index contributed by atoms with van der Waals surface area (Å²) in [5, 5.41) is 21.2. The van der Waals surface area contributed by atoms with Gasteiger partial charge in [0.05, 0.1) is 4.90 Å². The molecular formula is C52H74CaO10S2. The van der Waals surface area contributed by atoms with Gasteiger partial charge in [-0.1, -0.05) is 185 Å². The first-order chi connectivity index (χ1) is 30.8. The van der Waals surface area contributed by atoms with E-state index >= 15 is 0 Å². The maximum absolute atomic E-state index is 11.6. The Morgan fingerprint density at radius 2 is 0.846 bits per heavy atom. The topological polar surface area (TPSA) is 173 Å². The Balaban J connectivity index is 0.000000440. The third-order valence-electron chi connectivity index (χ3n) is 11.3. The fourth-order valence-corrected chi connectivity index (χ4v) is 8.86. The molecule has 4 aromatic rings. The average molecular weight is 963 g/mol. The minimum atomic E-state index is -4.73. The Hall–Kier alpha value is -2.84. The van der Waals surface area contributed by atoms with Crippen LogP contribution in [0.2, 0.25) is 0 Å². The van der Waals surface area contributed by atoms with Crippen molar-refractivity contribution < 1.29 is 45.6 Å². The molecule has 0 aliphatic rings. The summed E-state index contributed by atoms with van der Waals surface area (Å²) in [5.74, 6) is -0.000930. The molecule has 0 unspecified atom stereocenters. The van der Waals surface area contributed by atoms with Gasteiger partial charge in [-0.2, -0.15) is 8.42 Å². The molecule has 0 saturated carbocycles. The molecule has 0 aliphatic heterocycles. The van der Waals surface area contributed by atoms with Gasteiger partial charge in [0, 0.05) is 6.07 Å². The van der Waals surface area contributed by atoms with Crippen LogP contribution >= 0.6 is 0 Å². The quantitative estimate of drug-likeness (QED) is 0.0272. The number of unbranched alkanes of at least 4 members (excludes halogenated alkanes) is 22. The molecule has 2 N–H and O–H groups in total. The zero-order valence-corrected chi connectivity index (χ0v) is 43.0. The predicted molar refractivity (Wildman–Crippen MR) is 260 cm³/mol. The Kier molecular flexibility index (Phi) is 30.1. The second-order valence-corrected chi connectivity index (χ2v) is 19.7. The zero-order chi connectivity index (χ0) is 46.5. The fourth-order valence-electron chi connectivity index (χ4n) is 7.69. The molecule has 0 bridgehead atoms. The Morgan fingerprint density at radius 1 is 0.477 bits per heavy atom. The Bertz CT molecular complexity index is 1970. The number of ether oxygens (including phenoxy) is 2. The van der Waals surface area contributed by atoms with Crippen molar-refractivity contribution in [2.24, 2.45) is 0 Å². The summed E-state index contributed by atoms with van der Waals surface area (Å²) in [6.45, 7) is 4.50. The van der Waals surface area contributed by atoms with Crippen LogP contribution in [0.5, 0.6) is 34.5 Å². The minimum Gasteiger partial charge on any atom is -0.872 e. The summed E-state index contributed by atoms with van der Waals surface area (Å²) in [4.78, 5) is -0.898. The molecule has 4 aromatic carbocycles. The predicted octanol–water partition coefficient (Wildman–Crippen LogP) is 14.0. The van der Waals surface area contributed by atoms with E-state index in [-0.39, 0.29) is 59.9 Å². The van der Waals surface area contributed by atoms with Crippen LogP contribution in [0.15, 0.2) is 94.7 Å². The molecule has 4 rings (SSSR count). The van der Waals surface area contributed by atoms with Crippen LogP contribution in [0.4, 0.5) is 0 Å². The first-order valence-corrected chi connectivity index (χ1v) is 26.8. The molecule has 0 radical (unpaired) electrons. The van der Waals surface area contributed by atoms with Gasteiger partial charge in [-0.15, -0.1) is 5.75 Å². The first-order valence-electron chi connectivity index (χ1n) is 23.9. The second-order valence-electron chi connectivity index (χ2n) is 16.9. The summed E-state index contributed by atoms with van der Waals surface area (Å²) in [6.07, 6.45) is 33.2. The molecule has 10 nitrogen and oxygen atoms in total. The normalized spacial score (nSPS) is 11.4. The van der Waals surface area contributed by atoms with E-state index < -0.39 is 30.9 Å². The third kappa shape index (κ3) is 25.8. The second kappa shape index (κ2) is 33.6. The molecule has 0 atom stereocenters. The van der Waals surface area contributed by atoms with Gasteiger partial charge >= 0.3 is 37.7 Å². The molecule has 0 heterocycles. The van der Waals surface area contributed by atoms with Gasteiger partial charge < -0.3 is 24.2 Å². The summed E-state index contributed by atoms with van der Waals surface area (Å²) in [6, 6.07) is 21.4. The summed E-state index contributed by atoms with van der Waals surface area (Å²) < 4.78 is 78.0. The van der Waals surface area contributed by atoms with Crippen LogP contribution in [0.25, 0.3) is 0 Å². The maximum Gasteiger partial charge on any atom is 2.00 e. The SMILES string of the molecule is CCCCCCCCCCCCCCc1cccc(Oc2cc(O)ccc2S(=O)(=O)O)c1.CCCCCCCCCCCCCCc1cccc(Oc2cc([O-])ccc2S(=O)(=O)[O-])c1.[Ca+2]. The zero-order valence-electron chi connectivity index (χ0n) is 39.2. The Labute approximate surface area is 421 Å². The number of phenolic OH excluding ortho intramolecular Hbond substituents is 1. The number of aromatic hydroxyl groups is 1. The van der Waals surface area contributed by atoms with Gasteiger partial charge in [0.25, 0.3) is 10.1 Å². The molecule has 0 spiro atoms. The molecule has 0 aromatic heterocycles. The van der Waals surface area contributed by atoms with Crippen molar-refractivity contribution in [1.82, 2.24) is 0 Å². The smallest absolute Gasteiger partial charge is 0.872 e. The van der Waals surface area contributed by atoms with E-state index in [1.54, 1.807) is 12.1 Å². The number of hydrogen-bond donors (Lipinski definition) is 2. The molecule has 13 heteroatoms. The van der Waals surface area contributed by atoms with E-state index in [9.17, 15) is 36.2 Å². The van der Waals surface area contributed by atoms with Crippen molar-refractivity contribution in [3.8, 4) is 34.5 Å². The van der Waals surface area contributed by atoms with Gasteiger partial charge in [0.15, 0.2) is 5.75 Å². The van der Waals surface area contributed by atoms with Crippen LogP contribution in [-0.2, 0) is 33.1 Å². The summed E-state index contributed by atoms with van der Waals surface area (Å²) in [5.41, 5.74) is 2.20. The van der Waals surface area contributed by atoms with Crippen molar-refractivity contribution in [2.45, 2.75) is 191 Å². The average Bonchev–Trinajstić information content (AvgIpc) is 3.24. The maximum atomic E-state index is 11.6. The van der Waals surface area contributed by atoms with Crippen molar-refractivity contribution in [3.63, 3.8) is 0 Å². The molecule has 0 saturated heterocycles. The Morgan fingerprint density at radius 3 is 1.23 bits per heavy atom. The van der Waals surface area contributed by atoms with E-state index in [1.165, 1.54) is 153 Å². The van der Waals surface area contributed by atoms with Crippen LogP contribution in [-0.4, -0.2) is 68.8 Å². The molecule has 0 fully saturated rings. The van der Waals surface area contributed by atoms with Crippen molar-refractivity contribution >= 4 is 58.0 Å². The minimum absolute atomic E-state index is 0. The molecule has 0 aliphatic carbocycles. The van der Waals surface area contributed by atoms with Crippen molar-refractivity contribution in [3.05, 3.63) is 96.1 Å². The standard InChI is InChI=1S/2C26H38O5S.Ca/c2*1-2-3-4-5-6-7-8-9-10-11-12-13-15-22-16-14-17-24(20-22)31-25-21-23(27)18-19-26(25)32(28,29)30;/h2*14,16-21,27H,2-13,15H2,1H3,(H,28,29,30);/q;;+2/p-2. The fraction of sp³-hybridized carbons (Fsp3) is 0.538.